The zero-order valence-electron chi connectivity index (χ0n) is 15.5. The molecule has 1 fully saturated rings. The molecular weight excluding hydrogens is 366 g/mol. The van der Waals surface area contributed by atoms with Crippen molar-refractivity contribution in [3.63, 3.8) is 0 Å². The highest BCUT2D eigenvalue weighted by atomic mass is 32.2. The zero-order chi connectivity index (χ0) is 19.6. The van der Waals surface area contributed by atoms with Crippen molar-refractivity contribution in [3.8, 4) is 0 Å². The van der Waals surface area contributed by atoms with Crippen molar-refractivity contribution < 1.29 is 18.2 Å². The molecule has 3 rings (SSSR count). The molecule has 7 nitrogen and oxygen atoms in total. The number of aryl methyl sites for hydroxylation is 2. The molecule has 8 heteroatoms. The van der Waals surface area contributed by atoms with Gasteiger partial charge in [-0.05, 0) is 43.2 Å². The van der Waals surface area contributed by atoms with Gasteiger partial charge in [-0.3, -0.25) is 10.1 Å². The maximum absolute atomic E-state index is 12.9. The lowest BCUT2D eigenvalue weighted by molar-refractivity contribution is -0.917. The van der Waals surface area contributed by atoms with E-state index < -0.39 is 10.0 Å². The summed E-state index contributed by atoms with van der Waals surface area (Å²) in [5.74, 6) is 0. The number of sulfonamides is 1. The van der Waals surface area contributed by atoms with E-state index >= 15 is 0 Å². The summed E-state index contributed by atoms with van der Waals surface area (Å²) < 4.78 is 27.3. The number of nitro groups is 1. The second kappa shape index (κ2) is 7.75. The molecule has 0 aliphatic carbocycles. The van der Waals surface area contributed by atoms with Crippen LogP contribution < -0.4 is 4.90 Å². The Morgan fingerprint density at radius 2 is 1.74 bits per heavy atom. The van der Waals surface area contributed by atoms with E-state index in [1.165, 1.54) is 10.4 Å². The molecule has 0 unspecified atom stereocenters. The van der Waals surface area contributed by atoms with E-state index in [1.807, 2.05) is 19.9 Å². The van der Waals surface area contributed by atoms with Crippen molar-refractivity contribution in [3.05, 3.63) is 69.3 Å². The molecule has 0 spiro atoms. The summed E-state index contributed by atoms with van der Waals surface area (Å²) in [5, 5.41) is 11.2. The van der Waals surface area contributed by atoms with Gasteiger partial charge in [0, 0.05) is 6.07 Å². The molecule has 0 bridgehead atoms. The second-order valence-corrected chi connectivity index (χ2v) is 8.90. The smallest absolute Gasteiger partial charge is 0.278 e. The van der Waals surface area contributed by atoms with Gasteiger partial charge in [0.05, 0.1) is 41.6 Å². The van der Waals surface area contributed by atoms with E-state index in [4.69, 9.17) is 0 Å². The Balaban J connectivity index is 1.68. The first kappa shape index (κ1) is 19.5. The van der Waals surface area contributed by atoms with E-state index in [0.29, 0.717) is 43.2 Å². The molecular formula is C19H24N3O4S+. The third-order valence-electron chi connectivity index (χ3n) is 5.17. The number of hydrogen-bond donors (Lipinski definition) is 1. The van der Waals surface area contributed by atoms with Crippen molar-refractivity contribution in [1.29, 1.82) is 0 Å². The summed E-state index contributed by atoms with van der Waals surface area (Å²) in [7, 11) is -3.51. The second-order valence-electron chi connectivity index (χ2n) is 6.96. The van der Waals surface area contributed by atoms with Gasteiger partial charge < -0.3 is 4.90 Å². The topological polar surface area (TPSA) is 85.0 Å². The van der Waals surface area contributed by atoms with Crippen molar-refractivity contribution in [1.82, 2.24) is 4.31 Å². The quantitative estimate of drug-likeness (QED) is 0.616. The van der Waals surface area contributed by atoms with E-state index in [1.54, 1.807) is 30.3 Å². The Morgan fingerprint density at radius 1 is 1.07 bits per heavy atom. The molecule has 2 aromatic carbocycles. The minimum absolute atomic E-state index is 0.121. The fraction of sp³-hybridized carbons (Fsp3) is 0.368. The van der Waals surface area contributed by atoms with Gasteiger partial charge in [0.1, 0.15) is 6.54 Å². The molecule has 0 aromatic heterocycles. The largest absolute Gasteiger partial charge is 0.329 e. The standard InChI is InChI=1S/C19H23N3O4S/c1-15-7-8-18(13-16(15)2)27(25,26)21-11-9-20(10-12-21)14-17-5-3-4-6-19(17)22(23)24/h3-8,13H,9-12,14H2,1-2H3/p+1. The summed E-state index contributed by atoms with van der Waals surface area (Å²) in [6.07, 6.45) is 0. The number of piperazine rings is 1. The highest BCUT2D eigenvalue weighted by Crippen LogP contribution is 2.20. The highest BCUT2D eigenvalue weighted by molar-refractivity contribution is 7.89. The molecule has 1 N–H and O–H groups in total. The first-order chi connectivity index (χ1) is 12.8. The van der Waals surface area contributed by atoms with Crippen LogP contribution in [0, 0.1) is 24.0 Å². The Bertz CT molecular complexity index is 951. The summed E-state index contributed by atoms with van der Waals surface area (Å²) >= 11 is 0. The molecule has 0 atom stereocenters. The Labute approximate surface area is 159 Å². The van der Waals surface area contributed by atoms with Crippen molar-refractivity contribution in [2.24, 2.45) is 0 Å². The van der Waals surface area contributed by atoms with Crippen molar-refractivity contribution >= 4 is 15.7 Å². The molecule has 2 aromatic rings. The molecule has 0 amide bonds. The minimum atomic E-state index is -3.51. The van der Waals surface area contributed by atoms with Gasteiger partial charge in [0.25, 0.3) is 5.69 Å². The van der Waals surface area contributed by atoms with Gasteiger partial charge >= 0.3 is 0 Å². The normalized spacial score (nSPS) is 16.4. The lowest BCUT2D eigenvalue weighted by Crippen LogP contribution is -3.13. The molecule has 1 heterocycles. The van der Waals surface area contributed by atoms with Crippen molar-refractivity contribution in [2.75, 3.05) is 26.2 Å². The fourth-order valence-corrected chi connectivity index (χ4v) is 4.88. The molecule has 1 aliphatic heterocycles. The first-order valence-corrected chi connectivity index (χ1v) is 10.4. The predicted octanol–water partition coefficient (Wildman–Crippen LogP) is 1.30. The molecule has 144 valence electrons. The number of para-hydroxylation sites is 1. The third kappa shape index (κ3) is 4.18. The first-order valence-electron chi connectivity index (χ1n) is 8.92. The number of hydrogen-bond acceptors (Lipinski definition) is 4. The van der Waals surface area contributed by atoms with Crippen LogP contribution in [0.1, 0.15) is 16.7 Å². The van der Waals surface area contributed by atoms with Gasteiger partial charge in [0.2, 0.25) is 10.0 Å². The van der Waals surface area contributed by atoms with Crippen LogP contribution in [0.25, 0.3) is 0 Å². The third-order valence-corrected chi connectivity index (χ3v) is 7.07. The van der Waals surface area contributed by atoms with E-state index in [-0.39, 0.29) is 10.6 Å². The van der Waals surface area contributed by atoms with Crippen LogP contribution in [-0.4, -0.2) is 43.8 Å². The molecule has 0 saturated carbocycles. The van der Waals surface area contributed by atoms with Crippen LogP contribution in [0.2, 0.25) is 0 Å². The van der Waals surface area contributed by atoms with Gasteiger partial charge in [-0.15, -0.1) is 0 Å². The highest BCUT2D eigenvalue weighted by Gasteiger charge is 2.31. The number of nitrogens with zero attached hydrogens (tertiary/aromatic N) is 2. The summed E-state index contributed by atoms with van der Waals surface area (Å²) in [5.41, 5.74) is 2.82. The van der Waals surface area contributed by atoms with Crippen LogP contribution in [-0.2, 0) is 16.6 Å². The molecule has 1 saturated heterocycles. The lowest BCUT2D eigenvalue weighted by Gasteiger charge is -2.31. The number of nitro benzene ring substituents is 1. The van der Waals surface area contributed by atoms with Crippen LogP contribution in [0.3, 0.4) is 0 Å². The van der Waals surface area contributed by atoms with Crippen LogP contribution in [0.5, 0.6) is 0 Å². The summed E-state index contributed by atoms with van der Waals surface area (Å²) in [4.78, 5) is 12.3. The number of rotatable bonds is 5. The van der Waals surface area contributed by atoms with E-state index in [2.05, 4.69) is 0 Å². The summed E-state index contributed by atoms with van der Waals surface area (Å²) in [6, 6.07) is 11.9. The van der Waals surface area contributed by atoms with Gasteiger partial charge in [-0.2, -0.15) is 4.31 Å². The Kier molecular flexibility index (Phi) is 5.59. The Hall–Kier alpha value is -2.29. The number of benzene rings is 2. The minimum Gasteiger partial charge on any atom is -0.329 e. The van der Waals surface area contributed by atoms with Crippen molar-refractivity contribution in [2.45, 2.75) is 25.3 Å². The lowest BCUT2D eigenvalue weighted by atomic mass is 10.1. The molecule has 27 heavy (non-hydrogen) atoms. The number of nitrogens with one attached hydrogen (secondary N) is 1. The van der Waals surface area contributed by atoms with Gasteiger partial charge in [0.15, 0.2) is 0 Å². The van der Waals surface area contributed by atoms with E-state index in [0.717, 1.165) is 16.0 Å². The average molecular weight is 390 g/mol. The SMILES string of the molecule is Cc1ccc(S(=O)(=O)N2CC[NH+](Cc3ccccc3[N+](=O)[O-])CC2)cc1C. The predicted molar refractivity (Wildman–Crippen MR) is 102 cm³/mol. The molecule has 0 radical (unpaired) electrons. The monoisotopic (exact) mass is 390 g/mol. The van der Waals surface area contributed by atoms with E-state index in [9.17, 15) is 18.5 Å². The fourth-order valence-electron chi connectivity index (χ4n) is 3.35. The average Bonchev–Trinajstić information content (AvgIpc) is 2.64. The number of quaternary nitrogens is 1. The van der Waals surface area contributed by atoms with Gasteiger partial charge in [-0.25, -0.2) is 8.42 Å². The maximum atomic E-state index is 12.9. The molecule has 1 aliphatic rings. The van der Waals surface area contributed by atoms with Crippen LogP contribution in [0.15, 0.2) is 47.4 Å². The zero-order valence-corrected chi connectivity index (χ0v) is 16.3. The van der Waals surface area contributed by atoms with Gasteiger partial charge in [-0.1, -0.05) is 18.2 Å². The summed E-state index contributed by atoms with van der Waals surface area (Å²) in [6.45, 7) is 6.44. The van der Waals surface area contributed by atoms with Crippen LogP contribution in [0.4, 0.5) is 5.69 Å². The Morgan fingerprint density at radius 3 is 2.37 bits per heavy atom. The van der Waals surface area contributed by atoms with Crippen LogP contribution >= 0.6 is 0 Å². The maximum Gasteiger partial charge on any atom is 0.278 e.